The largest absolute Gasteiger partial charge is 0.388 e. The lowest BCUT2D eigenvalue weighted by Crippen LogP contribution is -2.49. The van der Waals surface area contributed by atoms with Gasteiger partial charge in [-0.3, -0.25) is 0 Å². The van der Waals surface area contributed by atoms with E-state index in [1.165, 1.54) is 5.56 Å². The second-order valence-corrected chi connectivity index (χ2v) is 6.08. The fraction of sp³-hybridized carbons (Fsp3) is 0.562. The molecule has 0 aliphatic carbocycles. The third-order valence-corrected chi connectivity index (χ3v) is 4.06. The third kappa shape index (κ3) is 4.19. The zero-order chi connectivity index (χ0) is 15.5. The van der Waals surface area contributed by atoms with Crippen molar-refractivity contribution in [2.75, 3.05) is 25.5 Å². The summed E-state index contributed by atoms with van der Waals surface area (Å²) in [6.07, 6.45) is 1.58. The molecule has 0 saturated carbocycles. The highest BCUT2D eigenvalue weighted by Gasteiger charge is 2.30. The summed E-state index contributed by atoms with van der Waals surface area (Å²) in [4.78, 5) is 13.9. The van der Waals surface area contributed by atoms with Gasteiger partial charge in [0.25, 0.3) is 0 Å². The lowest BCUT2D eigenvalue weighted by atomic mass is 9.95. The average Bonchev–Trinajstić information content (AvgIpc) is 2.46. The van der Waals surface area contributed by atoms with Crippen LogP contribution in [0.5, 0.6) is 0 Å². The summed E-state index contributed by atoms with van der Waals surface area (Å²) >= 11 is 0. The van der Waals surface area contributed by atoms with Crippen LogP contribution in [0.4, 0.5) is 10.5 Å². The van der Waals surface area contributed by atoms with Crippen molar-refractivity contribution in [1.29, 1.82) is 0 Å². The van der Waals surface area contributed by atoms with E-state index in [-0.39, 0.29) is 12.1 Å². The predicted molar refractivity (Wildman–Crippen MR) is 84.4 cm³/mol. The van der Waals surface area contributed by atoms with Crippen LogP contribution in [0.15, 0.2) is 24.3 Å². The van der Waals surface area contributed by atoms with Crippen molar-refractivity contribution in [1.82, 2.24) is 10.2 Å². The smallest absolute Gasteiger partial charge is 0.321 e. The highest BCUT2D eigenvalue weighted by atomic mass is 16.3. The molecule has 3 N–H and O–H groups in total. The fourth-order valence-corrected chi connectivity index (χ4v) is 2.62. The maximum absolute atomic E-state index is 12.2. The van der Waals surface area contributed by atoms with Gasteiger partial charge in [0.2, 0.25) is 0 Å². The van der Waals surface area contributed by atoms with E-state index < -0.39 is 5.60 Å². The van der Waals surface area contributed by atoms with Gasteiger partial charge in [-0.15, -0.1) is 0 Å². The van der Waals surface area contributed by atoms with Gasteiger partial charge >= 0.3 is 6.03 Å². The predicted octanol–water partition coefficient (Wildman–Crippen LogP) is 2.35. The summed E-state index contributed by atoms with van der Waals surface area (Å²) in [5.41, 5.74) is 1.18. The number of β-amino-alcohol motifs (C(OH)–C–C–N with tert-alkyl or cyclic N) is 1. The molecule has 116 valence electrons. The van der Waals surface area contributed by atoms with Gasteiger partial charge in [0.15, 0.2) is 0 Å². The van der Waals surface area contributed by atoms with Gasteiger partial charge in [-0.05, 0) is 51.4 Å². The van der Waals surface area contributed by atoms with Crippen LogP contribution < -0.4 is 10.6 Å². The number of piperidine rings is 1. The average molecular weight is 291 g/mol. The Hall–Kier alpha value is -1.59. The van der Waals surface area contributed by atoms with Gasteiger partial charge in [-0.1, -0.05) is 12.1 Å². The van der Waals surface area contributed by atoms with E-state index in [9.17, 15) is 9.90 Å². The molecular formula is C16H25N3O2. The number of hydrogen-bond acceptors (Lipinski definition) is 3. The summed E-state index contributed by atoms with van der Waals surface area (Å²) in [6, 6.07) is 7.95. The van der Waals surface area contributed by atoms with Crippen molar-refractivity contribution in [2.24, 2.45) is 0 Å². The number of carbonyl (C=O) groups is 1. The molecule has 21 heavy (non-hydrogen) atoms. The Bertz CT molecular complexity index is 485. The van der Waals surface area contributed by atoms with E-state index in [1.54, 1.807) is 11.8 Å². The number of anilines is 1. The number of carbonyl (C=O) groups excluding carboxylic acids is 1. The summed E-state index contributed by atoms with van der Waals surface area (Å²) in [5, 5.41) is 16.1. The Morgan fingerprint density at radius 1 is 1.38 bits per heavy atom. The molecule has 1 fully saturated rings. The Morgan fingerprint density at radius 2 is 2.05 bits per heavy atom. The maximum atomic E-state index is 12.2. The number of benzene rings is 1. The van der Waals surface area contributed by atoms with Crippen LogP contribution in [0.25, 0.3) is 0 Å². The van der Waals surface area contributed by atoms with Gasteiger partial charge in [0.05, 0.1) is 12.1 Å². The maximum Gasteiger partial charge on any atom is 0.321 e. The quantitative estimate of drug-likeness (QED) is 0.801. The summed E-state index contributed by atoms with van der Waals surface area (Å²) < 4.78 is 0. The van der Waals surface area contributed by atoms with Crippen molar-refractivity contribution in [2.45, 2.75) is 38.3 Å². The second-order valence-electron chi connectivity index (χ2n) is 6.08. The summed E-state index contributed by atoms with van der Waals surface area (Å²) in [6.45, 7) is 4.94. The second kappa shape index (κ2) is 6.45. The van der Waals surface area contributed by atoms with Crippen molar-refractivity contribution in [3.05, 3.63) is 29.8 Å². The molecule has 0 spiro atoms. The molecule has 0 radical (unpaired) electrons. The minimum absolute atomic E-state index is 0.149. The third-order valence-electron chi connectivity index (χ3n) is 4.06. The SMILES string of the molecule is CNC(C)c1ccc(NC(=O)N2CCCC(C)(O)C2)cc1. The first kappa shape index (κ1) is 15.8. The van der Waals surface area contributed by atoms with Crippen LogP contribution in [0, 0.1) is 0 Å². The van der Waals surface area contributed by atoms with E-state index in [4.69, 9.17) is 0 Å². The first-order chi connectivity index (χ1) is 9.91. The van der Waals surface area contributed by atoms with Crippen LogP contribution in [0.1, 0.15) is 38.3 Å². The van der Waals surface area contributed by atoms with E-state index >= 15 is 0 Å². The van der Waals surface area contributed by atoms with Gasteiger partial charge in [0, 0.05) is 18.3 Å². The molecule has 0 aromatic heterocycles. The zero-order valence-corrected chi connectivity index (χ0v) is 13.0. The minimum atomic E-state index is -0.776. The Balaban J connectivity index is 1.96. The normalized spacial score (nSPS) is 23.7. The Kier molecular flexibility index (Phi) is 4.85. The van der Waals surface area contributed by atoms with Gasteiger partial charge in [-0.25, -0.2) is 4.79 Å². The van der Waals surface area contributed by atoms with E-state index in [2.05, 4.69) is 17.6 Å². The van der Waals surface area contributed by atoms with Crippen LogP contribution in [0.2, 0.25) is 0 Å². The molecule has 1 heterocycles. The molecule has 1 saturated heterocycles. The number of nitrogens with one attached hydrogen (secondary N) is 2. The van der Waals surface area contributed by atoms with E-state index in [0.29, 0.717) is 13.1 Å². The first-order valence-corrected chi connectivity index (χ1v) is 7.47. The lowest BCUT2D eigenvalue weighted by molar-refractivity contribution is -0.000634. The molecule has 2 rings (SSSR count). The lowest BCUT2D eigenvalue weighted by Gasteiger charge is -2.36. The van der Waals surface area contributed by atoms with Gasteiger partial charge in [0.1, 0.15) is 0 Å². The van der Waals surface area contributed by atoms with Crippen molar-refractivity contribution in [3.8, 4) is 0 Å². The molecule has 5 heteroatoms. The van der Waals surface area contributed by atoms with Gasteiger partial charge in [-0.2, -0.15) is 0 Å². The van der Waals surface area contributed by atoms with Crippen LogP contribution in [0.3, 0.4) is 0 Å². The number of likely N-dealkylation sites (tertiary alicyclic amines) is 1. The molecule has 1 aliphatic heterocycles. The molecule has 0 bridgehead atoms. The van der Waals surface area contributed by atoms with Crippen molar-refractivity contribution >= 4 is 11.7 Å². The van der Waals surface area contributed by atoms with Crippen LogP contribution in [-0.2, 0) is 0 Å². The zero-order valence-electron chi connectivity index (χ0n) is 13.0. The number of hydrogen-bond donors (Lipinski definition) is 3. The van der Waals surface area contributed by atoms with Gasteiger partial charge < -0.3 is 20.6 Å². The van der Waals surface area contributed by atoms with E-state index in [1.807, 2.05) is 31.3 Å². The number of aliphatic hydroxyl groups is 1. The molecule has 1 aromatic rings. The molecule has 5 nitrogen and oxygen atoms in total. The molecule has 2 atom stereocenters. The Labute approximate surface area is 126 Å². The molecular weight excluding hydrogens is 266 g/mol. The van der Waals surface area contributed by atoms with E-state index in [0.717, 1.165) is 18.5 Å². The number of urea groups is 1. The number of nitrogens with zero attached hydrogens (tertiary/aromatic N) is 1. The topological polar surface area (TPSA) is 64.6 Å². The summed E-state index contributed by atoms with van der Waals surface area (Å²) in [5.74, 6) is 0. The molecule has 1 aliphatic rings. The van der Waals surface area contributed by atoms with Crippen LogP contribution in [-0.4, -0.2) is 41.8 Å². The Morgan fingerprint density at radius 3 is 2.62 bits per heavy atom. The fourth-order valence-electron chi connectivity index (χ4n) is 2.62. The van der Waals surface area contributed by atoms with Crippen molar-refractivity contribution in [3.63, 3.8) is 0 Å². The molecule has 2 unspecified atom stereocenters. The number of rotatable bonds is 3. The molecule has 2 amide bonds. The molecule has 1 aromatic carbocycles. The number of amides is 2. The first-order valence-electron chi connectivity index (χ1n) is 7.47. The minimum Gasteiger partial charge on any atom is -0.388 e. The standard InChI is InChI=1S/C16H25N3O2/c1-12(17-3)13-5-7-14(8-6-13)18-15(20)19-10-4-9-16(2,21)11-19/h5-8,12,17,21H,4,9-11H2,1-3H3,(H,18,20). The summed E-state index contributed by atoms with van der Waals surface area (Å²) in [7, 11) is 1.92. The highest BCUT2D eigenvalue weighted by molar-refractivity contribution is 5.89. The monoisotopic (exact) mass is 291 g/mol. The highest BCUT2D eigenvalue weighted by Crippen LogP contribution is 2.21. The van der Waals surface area contributed by atoms with Crippen LogP contribution >= 0.6 is 0 Å². The van der Waals surface area contributed by atoms with Crippen molar-refractivity contribution < 1.29 is 9.90 Å².